The summed E-state index contributed by atoms with van der Waals surface area (Å²) in [4.78, 5) is 0. The summed E-state index contributed by atoms with van der Waals surface area (Å²) in [7, 11) is 0. The van der Waals surface area contributed by atoms with E-state index in [1.165, 1.54) is 23.3 Å². The molecule has 1 N–H and O–H groups in total. The summed E-state index contributed by atoms with van der Waals surface area (Å²) in [6, 6.07) is 9.77. The van der Waals surface area contributed by atoms with E-state index in [-0.39, 0.29) is 5.41 Å². The first-order chi connectivity index (χ1) is 8.97. The fourth-order valence-electron chi connectivity index (χ4n) is 2.25. The average molecular weight is 279 g/mol. The molecule has 1 nitrogen and oxygen atoms in total. The van der Waals surface area contributed by atoms with Gasteiger partial charge in [-0.15, -0.1) is 0 Å². The van der Waals surface area contributed by atoms with Crippen molar-refractivity contribution in [3.63, 3.8) is 0 Å². The first-order valence-electron chi connectivity index (χ1n) is 7.29. The zero-order chi connectivity index (χ0) is 14.3. The molecule has 0 aliphatic rings. The minimum absolute atomic E-state index is 0.248. The molecule has 0 radical (unpaired) electrons. The predicted molar refractivity (Wildman–Crippen MR) is 89.3 cm³/mol. The zero-order valence-corrected chi connectivity index (χ0v) is 13.9. The Labute approximate surface area is 123 Å². The molecular weight excluding hydrogens is 250 g/mol. The van der Waals surface area contributed by atoms with E-state index in [1.54, 1.807) is 0 Å². The van der Waals surface area contributed by atoms with Gasteiger partial charge in [0.1, 0.15) is 0 Å². The third-order valence-corrected chi connectivity index (χ3v) is 4.11. The van der Waals surface area contributed by atoms with Crippen molar-refractivity contribution in [2.75, 3.05) is 18.6 Å². The van der Waals surface area contributed by atoms with Crippen LogP contribution in [-0.2, 0) is 11.8 Å². The van der Waals surface area contributed by atoms with Gasteiger partial charge in [0.05, 0.1) is 0 Å². The van der Waals surface area contributed by atoms with Crippen molar-refractivity contribution in [3.8, 4) is 0 Å². The second kappa shape index (κ2) is 7.96. The third-order valence-electron chi connectivity index (χ3n) is 3.47. The van der Waals surface area contributed by atoms with Crippen molar-refractivity contribution in [3.05, 3.63) is 35.4 Å². The van der Waals surface area contributed by atoms with E-state index in [4.69, 9.17) is 0 Å². The Morgan fingerprint density at radius 3 is 2.26 bits per heavy atom. The molecular formula is C17H29NS. The number of rotatable bonds is 7. The lowest BCUT2D eigenvalue weighted by Crippen LogP contribution is -2.31. The molecule has 1 aromatic carbocycles. The van der Waals surface area contributed by atoms with Gasteiger partial charge in [-0.1, -0.05) is 52.0 Å². The van der Waals surface area contributed by atoms with E-state index < -0.39 is 0 Å². The normalized spacial score (nSPS) is 13.5. The van der Waals surface area contributed by atoms with Crippen molar-refractivity contribution in [2.45, 2.75) is 52.0 Å². The van der Waals surface area contributed by atoms with Gasteiger partial charge in [0.25, 0.3) is 0 Å². The third kappa shape index (κ3) is 6.01. The van der Waals surface area contributed by atoms with Crippen LogP contribution in [0.1, 0.15) is 45.2 Å². The Hall–Kier alpha value is -0.470. The number of hydrogen-bond acceptors (Lipinski definition) is 2. The molecule has 0 bridgehead atoms. The second-order valence-electron chi connectivity index (χ2n) is 6.19. The SMILES string of the molecule is CCNC(CCSC)Cc1ccc(C(C)(C)C)cc1. The van der Waals surface area contributed by atoms with Gasteiger partial charge in [0.15, 0.2) is 0 Å². The largest absolute Gasteiger partial charge is 0.314 e. The molecule has 19 heavy (non-hydrogen) atoms. The van der Waals surface area contributed by atoms with Crippen LogP contribution in [0.15, 0.2) is 24.3 Å². The van der Waals surface area contributed by atoms with Gasteiger partial charge in [-0.05, 0) is 47.9 Å². The number of benzene rings is 1. The maximum Gasteiger partial charge on any atom is 0.0115 e. The molecule has 1 unspecified atom stereocenters. The molecule has 1 atom stereocenters. The highest BCUT2D eigenvalue weighted by atomic mass is 32.2. The summed E-state index contributed by atoms with van der Waals surface area (Å²) in [5, 5.41) is 3.60. The topological polar surface area (TPSA) is 12.0 Å². The summed E-state index contributed by atoms with van der Waals surface area (Å²) in [5.41, 5.74) is 3.11. The van der Waals surface area contributed by atoms with Gasteiger partial charge < -0.3 is 5.32 Å². The van der Waals surface area contributed by atoms with Crippen LogP contribution in [0.3, 0.4) is 0 Å². The first kappa shape index (κ1) is 16.6. The highest BCUT2D eigenvalue weighted by Crippen LogP contribution is 2.22. The highest BCUT2D eigenvalue weighted by molar-refractivity contribution is 7.98. The van der Waals surface area contributed by atoms with Gasteiger partial charge in [0.2, 0.25) is 0 Å². The standard InChI is InChI=1S/C17H29NS/c1-6-18-16(11-12-19-5)13-14-7-9-15(10-8-14)17(2,3)4/h7-10,16,18H,6,11-13H2,1-5H3. The maximum atomic E-state index is 3.60. The van der Waals surface area contributed by atoms with Crippen LogP contribution in [0.2, 0.25) is 0 Å². The molecule has 1 aromatic rings. The van der Waals surface area contributed by atoms with Crippen LogP contribution in [0.5, 0.6) is 0 Å². The molecule has 0 fully saturated rings. The fourth-order valence-corrected chi connectivity index (χ4v) is 2.77. The lowest BCUT2D eigenvalue weighted by molar-refractivity contribution is 0.513. The minimum atomic E-state index is 0.248. The summed E-state index contributed by atoms with van der Waals surface area (Å²) in [6.45, 7) is 10.0. The molecule has 0 spiro atoms. The minimum Gasteiger partial charge on any atom is -0.314 e. The van der Waals surface area contributed by atoms with Crippen LogP contribution in [-0.4, -0.2) is 24.6 Å². The van der Waals surface area contributed by atoms with Gasteiger partial charge in [-0.2, -0.15) is 11.8 Å². The van der Waals surface area contributed by atoms with Crippen LogP contribution < -0.4 is 5.32 Å². The molecule has 0 saturated heterocycles. The van der Waals surface area contributed by atoms with Crippen molar-refractivity contribution in [1.82, 2.24) is 5.32 Å². The van der Waals surface area contributed by atoms with E-state index >= 15 is 0 Å². The summed E-state index contributed by atoms with van der Waals surface area (Å²) >= 11 is 1.93. The Bertz CT molecular complexity index is 351. The molecule has 108 valence electrons. The monoisotopic (exact) mass is 279 g/mol. The maximum absolute atomic E-state index is 3.60. The van der Waals surface area contributed by atoms with E-state index in [9.17, 15) is 0 Å². The van der Waals surface area contributed by atoms with Gasteiger partial charge in [-0.25, -0.2) is 0 Å². The summed E-state index contributed by atoms with van der Waals surface area (Å²) in [6.07, 6.45) is 4.57. The van der Waals surface area contributed by atoms with Crippen molar-refractivity contribution in [2.24, 2.45) is 0 Å². The van der Waals surface area contributed by atoms with Crippen LogP contribution in [0.25, 0.3) is 0 Å². The predicted octanol–water partition coefficient (Wildman–Crippen LogP) is 4.26. The first-order valence-corrected chi connectivity index (χ1v) is 8.68. The van der Waals surface area contributed by atoms with Crippen molar-refractivity contribution < 1.29 is 0 Å². The lowest BCUT2D eigenvalue weighted by Gasteiger charge is -2.21. The van der Waals surface area contributed by atoms with E-state index in [0.717, 1.165) is 13.0 Å². The van der Waals surface area contributed by atoms with Crippen molar-refractivity contribution in [1.29, 1.82) is 0 Å². The van der Waals surface area contributed by atoms with Crippen LogP contribution >= 0.6 is 11.8 Å². The molecule has 1 rings (SSSR count). The van der Waals surface area contributed by atoms with Gasteiger partial charge in [-0.3, -0.25) is 0 Å². The second-order valence-corrected chi connectivity index (χ2v) is 7.17. The fraction of sp³-hybridized carbons (Fsp3) is 0.647. The van der Waals surface area contributed by atoms with Crippen LogP contribution in [0, 0.1) is 0 Å². The molecule has 0 aromatic heterocycles. The van der Waals surface area contributed by atoms with E-state index in [2.05, 4.69) is 63.5 Å². The lowest BCUT2D eigenvalue weighted by atomic mass is 9.86. The zero-order valence-electron chi connectivity index (χ0n) is 13.1. The summed E-state index contributed by atoms with van der Waals surface area (Å²) < 4.78 is 0. The Kier molecular flexibility index (Phi) is 6.95. The Morgan fingerprint density at radius 1 is 1.16 bits per heavy atom. The Balaban J connectivity index is 2.64. The number of nitrogens with one attached hydrogen (secondary N) is 1. The van der Waals surface area contributed by atoms with E-state index in [1.807, 2.05) is 11.8 Å². The summed E-state index contributed by atoms with van der Waals surface area (Å²) in [5.74, 6) is 1.23. The van der Waals surface area contributed by atoms with E-state index in [0.29, 0.717) is 6.04 Å². The van der Waals surface area contributed by atoms with Crippen molar-refractivity contribution >= 4 is 11.8 Å². The number of hydrogen-bond donors (Lipinski definition) is 1. The van der Waals surface area contributed by atoms with Gasteiger partial charge in [0, 0.05) is 6.04 Å². The molecule has 2 heteroatoms. The number of thioether (sulfide) groups is 1. The van der Waals surface area contributed by atoms with Crippen LogP contribution in [0.4, 0.5) is 0 Å². The highest BCUT2D eigenvalue weighted by Gasteiger charge is 2.13. The average Bonchev–Trinajstić information content (AvgIpc) is 2.36. The molecule has 0 aliphatic carbocycles. The smallest absolute Gasteiger partial charge is 0.0115 e. The Morgan fingerprint density at radius 2 is 1.79 bits per heavy atom. The molecule has 0 amide bonds. The van der Waals surface area contributed by atoms with Gasteiger partial charge >= 0.3 is 0 Å². The quantitative estimate of drug-likeness (QED) is 0.800. The molecule has 0 saturated carbocycles. The molecule has 0 heterocycles. The molecule has 0 aliphatic heterocycles. The number of likely N-dealkylation sites (N-methyl/N-ethyl adjacent to an activating group) is 1.